The highest BCUT2D eigenvalue weighted by Gasteiger charge is 2.17. The second-order valence-corrected chi connectivity index (χ2v) is 6.95. The predicted molar refractivity (Wildman–Crippen MR) is 103 cm³/mol. The fourth-order valence-electron chi connectivity index (χ4n) is 2.79. The molecule has 3 aromatic heterocycles. The van der Waals surface area contributed by atoms with Gasteiger partial charge in [0.05, 0.1) is 12.6 Å². The van der Waals surface area contributed by atoms with Crippen molar-refractivity contribution in [2.45, 2.75) is 25.4 Å². The molecule has 0 aliphatic heterocycles. The first kappa shape index (κ1) is 18.1. The molecule has 0 fully saturated rings. The molecule has 142 valence electrons. The minimum atomic E-state index is -0.209. The van der Waals surface area contributed by atoms with Crippen molar-refractivity contribution >= 4 is 17.2 Å². The third kappa shape index (κ3) is 4.49. The first-order valence-corrected chi connectivity index (χ1v) is 9.74. The first-order chi connectivity index (χ1) is 13.8. The van der Waals surface area contributed by atoms with E-state index in [9.17, 15) is 4.79 Å². The molecule has 4 rings (SSSR count). The summed E-state index contributed by atoms with van der Waals surface area (Å²) in [6.07, 6.45) is 3.75. The van der Waals surface area contributed by atoms with E-state index in [0.717, 1.165) is 11.1 Å². The van der Waals surface area contributed by atoms with Crippen molar-refractivity contribution in [3.05, 3.63) is 71.3 Å². The van der Waals surface area contributed by atoms with Crippen LogP contribution in [0.25, 0.3) is 11.4 Å². The molecule has 9 heteroatoms. The molecule has 1 amide bonds. The van der Waals surface area contributed by atoms with Crippen LogP contribution in [0.2, 0.25) is 0 Å². The van der Waals surface area contributed by atoms with Gasteiger partial charge in [-0.05, 0) is 17.0 Å². The zero-order valence-corrected chi connectivity index (χ0v) is 15.7. The summed E-state index contributed by atoms with van der Waals surface area (Å²) in [5.41, 5.74) is 1.92. The third-order valence-electron chi connectivity index (χ3n) is 4.19. The smallest absolute Gasteiger partial charge is 0.227 e. The molecule has 8 nitrogen and oxygen atoms in total. The number of rotatable bonds is 8. The maximum Gasteiger partial charge on any atom is 0.227 e. The van der Waals surface area contributed by atoms with E-state index in [1.54, 1.807) is 22.3 Å². The van der Waals surface area contributed by atoms with Gasteiger partial charge in [0.2, 0.25) is 17.6 Å². The number of hydrogen-bond donors (Lipinski definition) is 1. The molecular formula is C19H18N6O2S. The van der Waals surface area contributed by atoms with Gasteiger partial charge in [-0.1, -0.05) is 35.5 Å². The average molecular weight is 394 g/mol. The van der Waals surface area contributed by atoms with Gasteiger partial charge in [-0.15, -0.1) is 0 Å². The molecule has 1 aromatic carbocycles. The minimum absolute atomic E-state index is 0.0933. The van der Waals surface area contributed by atoms with E-state index in [1.807, 2.05) is 47.2 Å². The summed E-state index contributed by atoms with van der Waals surface area (Å²) in [7, 11) is 0. The molecule has 0 radical (unpaired) electrons. The SMILES string of the molecule is O=C(CCc1nc(-c2ccsc2)no1)NC(Cn1cncn1)c1ccccc1. The molecule has 28 heavy (non-hydrogen) atoms. The Balaban J connectivity index is 1.37. The fraction of sp³-hybridized carbons (Fsp3) is 0.211. The Kier molecular flexibility index (Phi) is 5.53. The van der Waals surface area contributed by atoms with Crippen molar-refractivity contribution in [2.75, 3.05) is 0 Å². The summed E-state index contributed by atoms with van der Waals surface area (Å²) in [6, 6.07) is 11.5. The van der Waals surface area contributed by atoms with E-state index in [4.69, 9.17) is 4.52 Å². The molecule has 3 heterocycles. The lowest BCUT2D eigenvalue weighted by Gasteiger charge is -2.19. The topological polar surface area (TPSA) is 98.7 Å². The van der Waals surface area contributed by atoms with E-state index >= 15 is 0 Å². The fourth-order valence-corrected chi connectivity index (χ4v) is 3.42. The van der Waals surface area contributed by atoms with Crippen LogP contribution in [0.15, 0.2) is 64.3 Å². The zero-order chi connectivity index (χ0) is 19.2. The molecular weight excluding hydrogens is 376 g/mol. The predicted octanol–water partition coefficient (Wildman–Crippen LogP) is 2.88. The van der Waals surface area contributed by atoms with Crippen molar-refractivity contribution in [1.29, 1.82) is 0 Å². The Morgan fingerprint density at radius 1 is 1.25 bits per heavy atom. The summed E-state index contributed by atoms with van der Waals surface area (Å²) in [6.45, 7) is 0.499. The Labute approximate surface area is 165 Å². The van der Waals surface area contributed by atoms with Gasteiger partial charge in [-0.2, -0.15) is 21.4 Å². The molecule has 0 bridgehead atoms. The monoisotopic (exact) mass is 394 g/mol. The second kappa shape index (κ2) is 8.57. The lowest BCUT2D eigenvalue weighted by molar-refractivity contribution is -0.122. The maximum absolute atomic E-state index is 12.5. The Morgan fingerprint density at radius 2 is 2.14 bits per heavy atom. The van der Waals surface area contributed by atoms with E-state index in [1.165, 1.54) is 6.33 Å². The Morgan fingerprint density at radius 3 is 2.89 bits per heavy atom. The van der Waals surface area contributed by atoms with Crippen LogP contribution in [0.5, 0.6) is 0 Å². The van der Waals surface area contributed by atoms with Gasteiger partial charge in [0.25, 0.3) is 0 Å². The van der Waals surface area contributed by atoms with Crippen LogP contribution in [0.3, 0.4) is 0 Å². The maximum atomic E-state index is 12.5. The average Bonchev–Trinajstić information content (AvgIpc) is 3.48. The normalized spacial score (nSPS) is 12.0. The molecule has 0 saturated carbocycles. The zero-order valence-electron chi connectivity index (χ0n) is 14.9. The standard InChI is InChI=1S/C19H18N6O2S/c26-17(6-7-18-23-19(24-27-18)15-8-9-28-11-15)22-16(10-25-13-20-12-21-25)14-4-2-1-3-5-14/h1-5,8-9,11-13,16H,6-7,10H2,(H,22,26). The number of aromatic nitrogens is 5. The molecule has 0 aliphatic rings. The largest absolute Gasteiger partial charge is 0.347 e. The van der Waals surface area contributed by atoms with Crippen molar-refractivity contribution in [1.82, 2.24) is 30.2 Å². The molecule has 1 unspecified atom stereocenters. The van der Waals surface area contributed by atoms with Crippen LogP contribution in [0, 0.1) is 0 Å². The summed E-state index contributed by atoms with van der Waals surface area (Å²) in [5.74, 6) is 0.901. The van der Waals surface area contributed by atoms with Crippen LogP contribution in [-0.2, 0) is 17.8 Å². The number of carbonyl (C=O) groups excluding carboxylic acids is 1. The molecule has 1 N–H and O–H groups in total. The van der Waals surface area contributed by atoms with Crippen molar-refractivity contribution in [2.24, 2.45) is 0 Å². The number of thiophene rings is 1. The summed E-state index contributed by atoms with van der Waals surface area (Å²) < 4.78 is 6.95. The van der Waals surface area contributed by atoms with E-state index < -0.39 is 0 Å². The summed E-state index contributed by atoms with van der Waals surface area (Å²) in [5, 5.41) is 15.1. The van der Waals surface area contributed by atoms with Crippen LogP contribution in [0.1, 0.15) is 23.9 Å². The lowest BCUT2D eigenvalue weighted by Crippen LogP contribution is -2.31. The molecule has 0 saturated heterocycles. The van der Waals surface area contributed by atoms with Gasteiger partial charge >= 0.3 is 0 Å². The first-order valence-electron chi connectivity index (χ1n) is 8.80. The van der Waals surface area contributed by atoms with Crippen LogP contribution >= 0.6 is 11.3 Å². The third-order valence-corrected chi connectivity index (χ3v) is 4.87. The number of amides is 1. The second-order valence-electron chi connectivity index (χ2n) is 6.17. The molecule has 4 aromatic rings. The van der Waals surface area contributed by atoms with Crippen molar-refractivity contribution in [3.63, 3.8) is 0 Å². The van der Waals surface area contributed by atoms with Crippen molar-refractivity contribution < 1.29 is 9.32 Å². The van der Waals surface area contributed by atoms with Gasteiger partial charge in [0, 0.05) is 23.8 Å². The van der Waals surface area contributed by atoms with Crippen LogP contribution in [0.4, 0.5) is 0 Å². The van der Waals surface area contributed by atoms with Gasteiger partial charge < -0.3 is 9.84 Å². The van der Waals surface area contributed by atoms with Gasteiger partial charge in [-0.25, -0.2) is 4.98 Å². The summed E-state index contributed by atoms with van der Waals surface area (Å²) >= 11 is 1.57. The van der Waals surface area contributed by atoms with Gasteiger partial charge in [0.1, 0.15) is 12.7 Å². The number of carbonyl (C=O) groups is 1. The summed E-state index contributed by atoms with van der Waals surface area (Å²) in [4.78, 5) is 20.8. The number of benzene rings is 1. The number of nitrogens with one attached hydrogen (secondary N) is 1. The van der Waals surface area contributed by atoms with Crippen LogP contribution in [-0.4, -0.2) is 30.8 Å². The molecule has 0 aliphatic carbocycles. The highest BCUT2D eigenvalue weighted by atomic mass is 32.1. The number of hydrogen-bond acceptors (Lipinski definition) is 7. The van der Waals surface area contributed by atoms with Gasteiger partial charge in [0.15, 0.2) is 0 Å². The number of nitrogens with zero attached hydrogens (tertiary/aromatic N) is 5. The van der Waals surface area contributed by atoms with E-state index in [2.05, 4.69) is 25.5 Å². The van der Waals surface area contributed by atoms with Crippen molar-refractivity contribution in [3.8, 4) is 11.4 Å². The highest BCUT2D eigenvalue weighted by molar-refractivity contribution is 7.08. The van der Waals surface area contributed by atoms with Gasteiger partial charge in [-0.3, -0.25) is 9.48 Å². The minimum Gasteiger partial charge on any atom is -0.347 e. The Hall–Kier alpha value is -3.33. The quantitative estimate of drug-likeness (QED) is 0.493. The van der Waals surface area contributed by atoms with Crippen LogP contribution < -0.4 is 5.32 Å². The number of aryl methyl sites for hydroxylation is 1. The Bertz CT molecular complexity index is 998. The van der Waals surface area contributed by atoms with E-state index in [0.29, 0.717) is 24.7 Å². The molecule has 0 spiro atoms. The highest BCUT2D eigenvalue weighted by Crippen LogP contribution is 2.19. The molecule has 1 atom stereocenters. The van der Waals surface area contributed by atoms with E-state index in [-0.39, 0.29) is 18.4 Å². The lowest BCUT2D eigenvalue weighted by atomic mass is 10.1.